The van der Waals surface area contributed by atoms with Gasteiger partial charge in [0.2, 0.25) is 5.91 Å². The normalized spacial score (nSPS) is 17.8. The largest absolute Gasteiger partial charge is 0.478 e. The number of rotatable bonds is 9. The van der Waals surface area contributed by atoms with E-state index in [4.69, 9.17) is 4.74 Å². The molecule has 0 aliphatic carbocycles. The number of hydrogen-bond donors (Lipinski definition) is 1. The Kier molecular flexibility index (Phi) is 10.2. The summed E-state index contributed by atoms with van der Waals surface area (Å²) < 4.78 is 6.23. The lowest BCUT2D eigenvalue weighted by molar-refractivity contribution is -0.147. The van der Waals surface area contributed by atoms with Crippen molar-refractivity contribution >= 4 is 23.6 Å². The Morgan fingerprint density at radius 1 is 0.953 bits per heavy atom. The number of piperidine rings is 1. The number of hydrogen-bond acceptors (Lipinski definition) is 5. The van der Waals surface area contributed by atoms with Gasteiger partial charge in [-0.1, -0.05) is 44.2 Å². The molecule has 9 nitrogen and oxygen atoms in total. The molecule has 2 aromatic carbocycles. The third-order valence-electron chi connectivity index (χ3n) is 8.58. The van der Waals surface area contributed by atoms with Crippen LogP contribution in [0.5, 0.6) is 5.75 Å². The van der Waals surface area contributed by atoms with Crippen molar-refractivity contribution in [3.05, 3.63) is 59.7 Å². The third kappa shape index (κ3) is 8.00. The monoisotopic (exact) mass is 592 g/mol. The lowest BCUT2D eigenvalue weighted by Gasteiger charge is -2.38. The third-order valence-corrected chi connectivity index (χ3v) is 8.58. The molecule has 0 spiro atoms. The van der Waals surface area contributed by atoms with Gasteiger partial charge in [0.15, 0.2) is 5.60 Å². The molecule has 2 aliphatic heterocycles. The van der Waals surface area contributed by atoms with Gasteiger partial charge in [-0.15, -0.1) is 0 Å². The van der Waals surface area contributed by atoms with E-state index < -0.39 is 11.7 Å². The summed E-state index contributed by atoms with van der Waals surface area (Å²) >= 11 is 0. The topological polar surface area (TPSA) is 93.6 Å². The summed E-state index contributed by atoms with van der Waals surface area (Å²) in [5.74, 6) is 0.983. The number of ether oxygens (including phenoxy) is 1. The van der Waals surface area contributed by atoms with E-state index in [9.17, 15) is 19.5 Å². The SMILES string of the molecule is CC(C)c1ccc(CN(C(=O)[C@H]2CCCN(c3cccc(OC(C)(C)C(=O)N4CCN(C(=O)O)CC4)c3)C2)C(C)C)cc1. The van der Waals surface area contributed by atoms with Crippen LogP contribution in [0.1, 0.15) is 71.4 Å². The fourth-order valence-corrected chi connectivity index (χ4v) is 5.93. The second-order valence-electron chi connectivity index (χ2n) is 12.9. The Bertz CT molecular complexity index is 1270. The molecular formula is C34H48N4O5. The molecule has 2 aliphatic rings. The Hall–Kier alpha value is -3.75. The molecule has 0 unspecified atom stereocenters. The molecule has 1 N–H and O–H groups in total. The van der Waals surface area contributed by atoms with E-state index in [-0.39, 0.29) is 23.8 Å². The van der Waals surface area contributed by atoms with Gasteiger partial charge in [-0.3, -0.25) is 9.59 Å². The minimum Gasteiger partial charge on any atom is -0.478 e. The number of nitrogens with zero attached hydrogens (tertiary/aromatic N) is 4. The first kappa shape index (κ1) is 32.2. The van der Waals surface area contributed by atoms with Gasteiger partial charge in [-0.25, -0.2) is 4.79 Å². The molecule has 2 heterocycles. The average molecular weight is 593 g/mol. The Morgan fingerprint density at radius 2 is 1.60 bits per heavy atom. The highest BCUT2D eigenvalue weighted by atomic mass is 16.5. The fraction of sp³-hybridized carbons (Fsp3) is 0.559. The highest BCUT2D eigenvalue weighted by molar-refractivity contribution is 5.85. The molecule has 4 rings (SSSR count). The molecular weight excluding hydrogens is 544 g/mol. The lowest BCUT2D eigenvalue weighted by Crippen LogP contribution is -2.56. The highest BCUT2D eigenvalue weighted by Crippen LogP contribution is 2.30. The number of carboxylic acid groups (broad SMARTS) is 1. The summed E-state index contributed by atoms with van der Waals surface area (Å²) in [4.78, 5) is 45.6. The molecule has 43 heavy (non-hydrogen) atoms. The van der Waals surface area contributed by atoms with Gasteiger partial charge in [-0.05, 0) is 69.7 Å². The molecule has 2 saturated heterocycles. The van der Waals surface area contributed by atoms with Crippen LogP contribution in [0.4, 0.5) is 10.5 Å². The first-order valence-corrected chi connectivity index (χ1v) is 15.6. The molecule has 3 amide bonds. The van der Waals surface area contributed by atoms with Crippen molar-refractivity contribution < 1.29 is 24.2 Å². The van der Waals surface area contributed by atoms with E-state index in [1.54, 1.807) is 18.7 Å². The van der Waals surface area contributed by atoms with Gasteiger partial charge in [0, 0.05) is 63.6 Å². The average Bonchev–Trinajstić information content (AvgIpc) is 2.99. The molecule has 9 heteroatoms. The molecule has 2 aromatic rings. The van der Waals surface area contributed by atoms with Gasteiger partial charge in [0.05, 0.1) is 5.92 Å². The summed E-state index contributed by atoms with van der Waals surface area (Å²) in [6.07, 6.45) is 0.815. The van der Waals surface area contributed by atoms with Gasteiger partial charge < -0.3 is 29.4 Å². The van der Waals surface area contributed by atoms with Crippen LogP contribution < -0.4 is 9.64 Å². The Balaban J connectivity index is 1.40. The van der Waals surface area contributed by atoms with Crippen molar-refractivity contribution in [2.24, 2.45) is 5.92 Å². The van der Waals surface area contributed by atoms with Gasteiger partial charge in [0.1, 0.15) is 5.75 Å². The number of carbonyl (C=O) groups is 3. The summed E-state index contributed by atoms with van der Waals surface area (Å²) in [7, 11) is 0. The standard InChI is InChI=1S/C34H48N4O5/c1-24(2)27-14-12-26(13-15-27)22-38(25(3)4)31(39)28-9-8-16-37(23-28)29-10-7-11-30(21-29)43-34(5,6)32(40)35-17-19-36(20-18-35)33(41)42/h7,10-15,21,24-25,28H,8-9,16-20,22-23H2,1-6H3,(H,41,42)/t28-/m0/s1. The van der Waals surface area contributed by atoms with Crippen LogP contribution in [-0.2, 0) is 16.1 Å². The van der Waals surface area contributed by atoms with Crippen LogP contribution in [0.25, 0.3) is 0 Å². The zero-order valence-corrected chi connectivity index (χ0v) is 26.6. The molecule has 1 atom stereocenters. The molecule has 0 bridgehead atoms. The molecule has 0 saturated carbocycles. The first-order chi connectivity index (χ1) is 20.4. The minimum atomic E-state index is -1.12. The second-order valence-corrected chi connectivity index (χ2v) is 12.9. The van der Waals surface area contributed by atoms with E-state index in [1.807, 2.05) is 29.2 Å². The van der Waals surface area contributed by atoms with Crippen LogP contribution in [-0.4, -0.2) is 88.6 Å². The molecule has 0 aromatic heterocycles. The summed E-state index contributed by atoms with van der Waals surface area (Å²) in [5.41, 5.74) is 2.29. The zero-order chi connectivity index (χ0) is 31.3. The lowest BCUT2D eigenvalue weighted by atomic mass is 9.95. The number of piperazine rings is 1. The van der Waals surface area contributed by atoms with E-state index in [2.05, 4.69) is 56.9 Å². The van der Waals surface area contributed by atoms with Crippen molar-refractivity contribution in [2.45, 2.75) is 78.5 Å². The number of amides is 3. The summed E-state index contributed by atoms with van der Waals surface area (Å²) in [5, 5.41) is 9.21. The number of carbonyl (C=O) groups excluding carboxylic acids is 2. The Labute approximate surface area is 256 Å². The van der Waals surface area contributed by atoms with Gasteiger partial charge in [-0.2, -0.15) is 0 Å². The molecule has 234 valence electrons. The van der Waals surface area contributed by atoms with Crippen molar-refractivity contribution in [1.29, 1.82) is 0 Å². The van der Waals surface area contributed by atoms with Gasteiger partial charge in [0.25, 0.3) is 5.91 Å². The highest BCUT2D eigenvalue weighted by Gasteiger charge is 2.37. The predicted molar refractivity (Wildman–Crippen MR) is 168 cm³/mol. The maximum Gasteiger partial charge on any atom is 0.407 e. The maximum absolute atomic E-state index is 13.8. The van der Waals surface area contributed by atoms with Crippen molar-refractivity contribution in [2.75, 3.05) is 44.2 Å². The van der Waals surface area contributed by atoms with E-state index in [0.717, 1.165) is 30.6 Å². The van der Waals surface area contributed by atoms with Crippen molar-refractivity contribution in [1.82, 2.24) is 14.7 Å². The van der Waals surface area contributed by atoms with E-state index in [0.29, 0.717) is 50.9 Å². The van der Waals surface area contributed by atoms with E-state index in [1.165, 1.54) is 10.5 Å². The first-order valence-electron chi connectivity index (χ1n) is 15.6. The number of benzene rings is 2. The van der Waals surface area contributed by atoms with Gasteiger partial charge >= 0.3 is 6.09 Å². The van der Waals surface area contributed by atoms with E-state index >= 15 is 0 Å². The van der Waals surface area contributed by atoms with Crippen LogP contribution >= 0.6 is 0 Å². The number of anilines is 1. The predicted octanol–water partition coefficient (Wildman–Crippen LogP) is 5.44. The van der Waals surface area contributed by atoms with Crippen LogP contribution in [0.15, 0.2) is 48.5 Å². The summed E-state index contributed by atoms with van der Waals surface area (Å²) in [6, 6.07) is 16.4. The van der Waals surface area contributed by atoms with Crippen LogP contribution in [0.2, 0.25) is 0 Å². The summed E-state index contributed by atoms with van der Waals surface area (Å²) in [6.45, 7) is 15.4. The maximum atomic E-state index is 13.8. The van der Waals surface area contributed by atoms with Crippen LogP contribution in [0.3, 0.4) is 0 Å². The molecule has 0 radical (unpaired) electrons. The zero-order valence-electron chi connectivity index (χ0n) is 26.6. The Morgan fingerprint density at radius 3 is 2.21 bits per heavy atom. The molecule has 2 fully saturated rings. The quantitative estimate of drug-likeness (QED) is 0.417. The van der Waals surface area contributed by atoms with Crippen LogP contribution in [0, 0.1) is 5.92 Å². The second kappa shape index (κ2) is 13.7. The van der Waals surface area contributed by atoms with Crippen molar-refractivity contribution in [3.63, 3.8) is 0 Å². The van der Waals surface area contributed by atoms with Crippen molar-refractivity contribution in [3.8, 4) is 5.75 Å². The smallest absolute Gasteiger partial charge is 0.407 e. The minimum absolute atomic E-state index is 0.0938. The fourth-order valence-electron chi connectivity index (χ4n) is 5.93.